The number of Topliss-reactive ketones (excluding diaryl/α,β-unsaturated/α-hetero) is 2. The van der Waals surface area contributed by atoms with Crippen molar-refractivity contribution in [1.29, 1.82) is 5.26 Å². The fourth-order valence-electron chi connectivity index (χ4n) is 5.46. The smallest absolute Gasteiger partial charge is 0.230 e. The molecule has 3 aliphatic carbocycles. The molecule has 0 radical (unpaired) electrons. The Morgan fingerprint density at radius 1 is 1.21 bits per heavy atom. The van der Waals surface area contributed by atoms with E-state index < -0.39 is 52.7 Å². The van der Waals surface area contributed by atoms with E-state index >= 15 is 0 Å². The molecule has 9 heteroatoms. The number of primary amides is 1. The number of aromatic hydroxyl groups is 1. The molecular formula is C25H24N2O7. The minimum Gasteiger partial charge on any atom is -0.508 e. The molecule has 9 nitrogen and oxygen atoms in total. The second-order valence-corrected chi connectivity index (χ2v) is 9.04. The molecule has 0 saturated heterocycles. The van der Waals surface area contributed by atoms with Crippen LogP contribution >= 0.6 is 0 Å². The molecule has 0 aliphatic heterocycles. The summed E-state index contributed by atoms with van der Waals surface area (Å²) >= 11 is 0. The average molecular weight is 464 g/mol. The number of unbranched alkanes of at least 4 members (excludes halogenated alkanes) is 2. The van der Waals surface area contributed by atoms with Gasteiger partial charge in [-0.05, 0) is 49.3 Å². The number of aliphatic hydroxyl groups excluding tert-OH is 2. The van der Waals surface area contributed by atoms with Gasteiger partial charge in [-0.1, -0.05) is 11.8 Å². The maximum absolute atomic E-state index is 13.4. The second kappa shape index (κ2) is 8.60. The summed E-state index contributed by atoms with van der Waals surface area (Å²) in [5.41, 5.74) is 3.51. The van der Waals surface area contributed by atoms with Crippen LogP contribution in [-0.4, -0.2) is 49.6 Å². The molecule has 176 valence electrons. The topological polar surface area (TPSA) is 182 Å². The van der Waals surface area contributed by atoms with Gasteiger partial charge in [-0.3, -0.25) is 14.4 Å². The predicted octanol–water partition coefficient (Wildman–Crippen LogP) is 0.791. The number of phenolic OH excluding ortho intramolecular Hbond substituents is 1. The number of carbonyl (C=O) groups excluding carboxylic acids is 3. The van der Waals surface area contributed by atoms with Crippen molar-refractivity contribution in [2.75, 3.05) is 0 Å². The van der Waals surface area contributed by atoms with Crippen LogP contribution in [0.1, 0.15) is 53.6 Å². The first-order valence-corrected chi connectivity index (χ1v) is 11.1. The molecule has 1 aromatic rings. The van der Waals surface area contributed by atoms with Gasteiger partial charge in [0.25, 0.3) is 0 Å². The van der Waals surface area contributed by atoms with Gasteiger partial charge < -0.3 is 26.2 Å². The number of nitrogens with zero attached hydrogens (tertiary/aromatic N) is 1. The summed E-state index contributed by atoms with van der Waals surface area (Å²) in [6.07, 6.45) is 0.221. The highest BCUT2D eigenvalue weighted by Gasteiger charge is 2.62. The molecule has 1 saturated carbocycles. The van der Waals surface area contributed by atoms with E-state index in [0.29, 0.717) is 30.4 Å². The van der Waals surface area contributed by atoms with Crippen LogP contribution in [0.5, 0.6) is 5.75 Å². The number of phenols is 1. The molecule has 0 bridgehead atoms. The number of ketones is 2. The van der Waals surface area contributed by atoms with Gasteiger partial charge in [-0.2, -0.15) is 5.26 Å². The Morgan fingerprint density at radius 2 is 1.94 bits per heavy atom. The lowest BCUT2D eigenvalue weighted by molar-refractivity contribution is -0.167. The van der Waals surface area contributed by atoms with Gasteiger partial charge in [-0.25, -0.2) is 0 Å². The van der Waals surface area contributed by atoms with Crippen molar-refractivity contribution >= 4 is 17.5 Å². The zero-order valence-electron chi connectivity index (χ0n) is 18.2. The number of aliphatic hydroxyl groups is 3. The summed E-state index contributed by atoms with van der Waals surface area (Å²) in [5.74, 6) is -1.41. The first-order chi connectivity index (χ1) is 16.1. The van der Waals surface area contributed by atoms with Gasteiger partial charge in [0.05, 0.1) is 17.7 Å². The molecule has 3 aliphatic rings. The van der Waals surface area contributed by atoms with Crippen LogP contribution in [0.15, 0.2) is 23.5 Å². The molecule has 0 heterocycles. The SMILES string of the molecule is N#CCCCC#Cc1ccc(O)c2c1C[C@H]1C[C@H]3CC(O)C(C(N)=O)C(=O)[C@@]3(O)C(O)=C1C2=O. The molecule has 0 spiro atoms. The molecule has 6 N–H and O–H groups in total. The van der Waals surface area contributed by atoms with Crippen molar-refractivity contribution in [3.8, 4) is 23.7 Å². The summed E-state index contributed by atoms with van der Waals surface area (Å²) in [6, 6.07) is 4.96. The summed E-state index contributed by atoms with van der Waals surface area (Å²) in [4.78, 5) is 38.1. The second-order valence-electron chi connectivity index (χ2n) is 9.04. The molecule has 2 unspecified atom stereocenters. The van der Waals surface area contributed by atoms with E-state index in [-0.39, 0.29) is 36.1 Å². The molecule has 1 aromatic carbocycles. The number of amides is 1. The highest BCUT2D eigenvalue weighted by atomic mass is 16.3. The maximum atomic E-state index is 13.4. The van der Waals surface area contributed by atoms with Crippen molar-refractivity contribution in [1.82, 2.24) is 0 Å². The monoisotopic (exact) mass is 464 g/mol. The highest BCUT2D eigenvalue weighted by Crippen LogP contribution is 2.51. The van der Waals surface area contributed by atoms with Crippen molar-refractivity contribution in [3.05, 3.63) is 40.2 Å². The molecule has 4 rings (SSSR count). The fourth-order valence-corrected chi connectivity index (χ4v) is 5.46. The molecule has 1 fully saturated rings. The molecule has 1 amide bonds. The minimum absolute atomic E-state index is 0.0570. The lowest BCUT2D eigenvalue weighted by Crippen LogP contribution is -2.63. The molecule has 5 atom stereocenters. The number of hydrogen-bond acceptors (Lipinski definition) is 8. The highest BCUT2D eigenvalue weighted by molar-refractivity contribution is 6.15. The van der Waals surface area contributed by atoms with E-state index in [1.54, 1.807) is 6.07 Å². The Bertz CT molecular complexity index is 1230. The predicted molar refractivity (Wildman–Crippen MR) is 117 cm³/mol. The van der Waals surface area contributed by atoms with Crippen molar-refractivity contribution in [3.63, 3.8) is 0 Å². The third-order valence-corrected chi connectivity index (χ3v) is 7.09. The Kier molecular flexibility index (Phi) is 5.94. The Labute approximate surface area is 195 Å². The Hall–Kier alpha value is -3.66. The number of benzene rings is 1. The number of nitrogens with two attached hydrogens (primary N) is 1. The number of hydrogen-bond donors (Lipinski definition) is 5. The van der Waals surface area contributed by atoms with Gasteiger partial charge >= 0.3 is 0 Å². The lowest BCUT2D eigenvalue weighted by atomic mass is 9.57. The number of nitriles is 1. The molecule has 0 aromatic heterocycles. The third-order valence-electron chi connectivity index (χ3n) is 7.09. The van der Waals surface area contributed by atoms with Gasteiger partial charge in [0.2, 0.25) is 5.91 Å². The van der Waals surface area contributed by atoms with Crippen molar-refractivity contribution in [2.24, 2.45) is 23.5 Å². The first kappa shape index (κ1) is 23.5. The van der Waals surface area contributed by atoms with Crippen LogP contribution in [0, 0.1) is 40.9 Å². The quantitative estimate of drug-likeness (QED) is 0.247. The third kappa shape index (κ3) is 3.45. The van der Waals surface area contributed by atoms with Crippen LogP contribution < -0.4 is 5.73 Å². The largest absolute Gasteiger partial charge is 0.508 e. The van der Waals surface area contributed by atoms with E-state index in [4.69, 9.17) is 11.0 Å². The zero-order valence-corrected chi connectivity index (χ0v) is 18.2. The minimum atomic E-state index is -2.52. The van der Waals surface area contributed by atoms with Crippen LogP contribution in [0.3, 0.4) is 0 Å². The van der Waals surface area contributed by atoms with Gasteiger partial charge in [0.15, 0.2) is 17.2 Å². The summed E-state index contributed by atoms with van der Waals surface area (Å²) in [5, 5.41) is 51.7. The van der Waals surface area contributed by atoms with Gasteiger partial charge in [0.1, 0.15) is 17.4 Å². The van der Waals surface area contributed by atoms with Gasteiger partial charge in [0, 0.05) is 29.9 Å². The summed E-state index contributed by atoms with van der Waals surface area (Å²) in [6.45, 7) is 0. The van der Waals surface area contributed by atoms with Crippen molar-refractivity contribution < 1.29 is 34.8 Å². The van der Waals surface area contributed by atoms with Gasteiger partial charge in [-0.15, -0.1) is 0 Å². The molecular weight excluding hydrogens is 440 g/mol. The van der Waals surface area contributed by atoms with Crippen LogP contribution in [-0.2, 0) is 16.0 Å². The van der Waals surface area contributed by atoms with Crippen molar-refractivity contribution in [2.45, 2.75) is 50.2 Å². The summed E-state index contributed by atoms with van der Waals surface area (Å²) in [7, 11) is 0. The number of carbonyl (C=O) groups is 3. The van der Waals surface area contributed by atoms with E-state index in [1.165, 1.54) is 6.07 Å². The normalized spacial score (nSPS) is 29.8. The van der Waals surface area contributed by atoms with E-state index in [1.807, 2.05) is 6.07 Å². The molecule has 34 heavy (non-hydrogen) atoms. The standard InChI is InChI=1S/C25H24N2O7/c26-8-4-2-1-3-5-12-6-7-16(28)19-15(12)10-13-9-14-11-17(29)20(24(27)33)23(32)25(14,34)22(31)18(13)21(19)30/h6-7,13-14,17,20,28-29,31,34H,1-2,4,9-11H2,(H2,27,33)/t13-,14+,17?,20?,25+/m1/s1. The van der Waals surface area contributed by atoms with E-state index in [0.717, 1.165) is 0 Å². The first-order valence-electron chi connectivity index (χ1n) is 11.1. The number of rotatable bonds is 3. The Morgan fingerprint density at radius 3 is 2.62 bits per heavy atom. The zero-order chi connectivity index (χ0) is 24.8. The summed E-state index contributed by atoms with van der Waals surface area (Å²) < 4.78 is 0. The van der Waals surface area contributed by atoms with E-state index in [9.17, 15) is 34.8 Å². The van der Waals surface area contributed by atoms with Crippen LogP contribution in [0.4, 0.5) is 0 Å². The number of allylic oxidation sites excluding steroid dienone is 1. The lowest BCUT2D eigenvalue weighted by Gasteiger charge is -2.48. The number of fused-ring (bicyclic) bond motifs is 3. The fraction of sp³-hybridized carbons (Fsp3) is 0.440. The van der Waals surface area contributed by atoms with Crippen LogP contribution in [0.2, 0.25) is 0 Å². The van der Waals surface area contributed by atoms with Crippen LogP contribution in [0.25, 0.3) is 0 Å². The van der Waals surface area contributed by atoms with E-state index in [2.05, 4.69) is 11.8 Å². The maximum Gasteiger partial charge on any atom is 0.230 e. The average Bonchev–Trinajstić information content (AvgIpc) is 2.77. The Balaban J connectivity index is 1.79.